The van der Waals surface area contributed by atoms with Gasteiger partial charge in [-0.25, -0.2) is 8.42 Å². The molecule has 0 unspecified atom stereocenters. The number of nitrogens with zero attached hydrogens (tertiary/aromatic N) is 1. The Morgan fingerprint density at radius 3 is 2.21 bits per heavy atom. The molecular weight excluding hydrogens is 384 g/mol. The Morgan fingerprint density at radius 2 is 1.52 bits per heavy atom. The highest BCUT2D eigenvalue weighted by atomic mass is 32.2. The van der Waals surface area contributed by atoms with Gasteiger partial charge in [0.1, 0.15) is 6.54 Å². The van der Waals surface area contributed by atoms with Crippen LogP contribution in [-0.4, -0.2) is 20.9 Å². The number of carbonyl (C=O) groups excluding carboxylic acids is 1. The van der Waals surface area contributed by atoms with Crippen LogP contribution in [0.1, 0.15) is 16.7 Å². The van der Waals surface area contributed by atoms with Crippen LogP contribution in [0.5, 0.6) is 0 Å². The molecule has 29 heavy (non-hydrogen) atoms. The molecule has 0 aliphatic heterocycles. The van der Waals surface area contributed by atoms with Gasteiger partial charge in [0.05, 0.1) is 10.6 Å². The summed E-state index contributed by atoms with van der Waals surface area (Å²) in [6.07, 6.45) is 0. The van der Waals surface area contributed by atoms with Gasteiger partial charge in [-0.2, -0.15) is 0 Å². The van der Waals surface area contributed by atoms with Crippen LogP contribution >= 0.6 is 0 Å². The minimum Gasteiger partial charge on any atom is -0.324 e. The van der Waals surface area contributed by atoms with Crippen LogP contribution in [0.4, 0.5) is 11.4 Å². The van der Waals surface area contributed by atoms with Crippen LogP contribution in [0.2, 0.25) is 0 Å². The van der Waals surface area contributed by atoms with E-state index in [1.165, 1.54) is 16.4 Å². The summed E-state index contributed by atoms with van der Waals surface area (Å²) < 4.78 is 28.0. The predicted octanol–water partition coefficient (Wildman–Crippen LogP) is 4.45. The first-order chi connectivity index (χ1) is 13.8. The lowest BCUT2D eigenvalue weighted by Gasteiger charge is -2.26. The first-order valence-corrected chi connectivity index (χ1v) is 10.7. The summed E-state index contributed by atoms with van der Waals surface area (Å²) in [5.41, 5.74) is 3.76. The fourth-order valence-corrected chi connectivity index (χ4v) is 4.54. The summed E-state index contributed by atoms with van der Waals surface area (Å²) in [7, 11) is -3.92. The molecule has 0 spiro atoms. The van der Waals surface area contributed by atoms with Crippen molar-refractivity contribution in [3.8, 4) is 0 Å². The van der Waals surface area contributed by atoms with E-state index in [2.05, 4.69) is 5.32 Å². The highest BCUT2D eigenvalue weighted by Crippen LogP contribution is 2.28. The van der Waals surface area contributed by atoms with Crippen molar-refractivity contribution in [2.24, 2.45) is 0 Å². The predicted molar refractivity (Wildman–Crippen MR) is 117 cm³/mol. The molecule has 0 aliphatic carbocycles. The van der Waals surface area contributed by atoms with Crippen LogP contribution in [0, 0.1) is 20.8 Å². The lowest BCUT2D eigenvalue weighted by molar-refractivity contribution is -0.114. The number of sulfonamides is 1. The molecule has 5 nitrogen and oxygen atoms in total. The molecule has 0 radical (unpaired) electrons. The van der Waals surface area contributed by atoms with Crippen molar-refractivity contribution in [2.75, 3.05) is 16.2 Å². The molecular formula is C23H24N2O3S. The number of nitrogens with one attached hydrogen (secondary N) is 1. The maximum atomic E-state index is 13.4. The van der Waals surface area contributed by atoms with Gasteiger partial charge in [-0.05, 0) is 61.7 Å². The zero-order valence-electron chi connectivity index (χ0n) is 16.7. The molecule has 0 bridgehead atoms. The smallest absolute Gasteiger partial charge is 0.264 e. The first kappa shape index (κ1) is 20.6. The van der Waals surface area contributed by atoms with E-state index in [4.69, 9.17) is 0 Å². The maximum Gasteiger partial charge on any atom is 0.264 e. The Labute approximate surface area is 172 Å². The molecule has 0 atom stereocenters. The highest BCUT2D eigenvalue weighted by molar-refractivity contribution is 7.92. The molecule has 3 aromatic carbocycles. The number of hydrogen-bond acceptors (Lipinski definition) is 3. The number of anilines is 2. The number of rotatable bonds is 6. The lowest BCUT2D eigenvalue weighted by atomic mass is 10.1. The quantitative estimate of drug-likeness (QED) is 0.655. The molecule has 150 valence electrons. The number of amides is 1. The van der Waals surface area contributed by atoms with E-state index in [-0.39, 0.29) is 11.4 Å². The Bertz CT molecular complexity index is 1130. The molecule has 0 saturated heterocycles. The van der Waals surface area contributed by atoms with Gasteiger partial charge >= 0.3 is 0 Å². The molecule has 0 fully saturated rings. The second-order valence-corrected chi connectivity index (χ2v) is 8.84. The van der Waals surface area contributed by atoms with Gasteiger partial charge in [-0.15, -0.1) is 0 Å². The molecule has 0 heterocycles. The zero-order valence-corrected chi connectivity index (χ0v) is 17.5. The largest absolute Gasteiger partial charge is 0.324 e. The van der Waals surface area contributed by atoms with Crippen molar-refractivity contribution in [1.82, 2.24) is 0 Å². The number of carbonyl (C=O) groups is 1. The monoisotopic (exact) mass is 408 g/mol. The van der Waals surface area contributed by atoms with Crippen molar-refractivity contribution in [1.29, 1.82) is 0 Å². The molecule has 0 aromatic heterocycles. The molecule has 0 aliphatic rings. The minimum absolute atomic E-state index is 0.143. The molecule has 3 rings (SSSR count). The third-order valence-electron chi connectivity index (χ3n) is 4.67. The van der Waals surface area contributed by atoms with Crippen molar-refractivity contribution in [3.63, 3.8) is 0 Å². The average molecular weight is 409 g/mol. The molecule has 3 aromatic rings. The van der Waals surface area contributed by atoms with Crippen molar-refractivity contribution < 1.29 is 13.2 Å². The molecule has 6 heteroatoms. The van der Waals surface area contributed by atoms with Gasteiger partial charge in [0, 0.05) is 5.69 Å². The van der Waals surface area contributed by atoms with Crippen LogP contribution in [0.15, 0.2) is 77.7 Å². The van der Waals surface area contributed by atoms with E-state index in [1.807, 2.05) is 51.1 Å². The molecule has 0 saturated carbocycles. The van der Waals surface area contributed by atoms with Gasteiger partial charge in [0.15, 0.2) is 0 Å². The fourth-order valence-electron chi connectivity index (χ4n) is 3.04. The second kappa shape index (κ2) is 8.49. The van der Waals surface area contributed by atoms with Crippen LogP contribution in [0.3, 0.4) is 0 Å². The number of para-hydroxylation sites is 1. The fraction of sp³-hybridized carbons (Fsp3) is 0.174. The highest BCUT2D eigenvalue weighted by Gasteiger charge is 2.28. The first-order valence-electron chi connectivity index (χ1n) is 9.29. The van der Waals surface area contributed by atoms with Gasteiger partial charge in [0.25, 0.3) is 10.0 Å². The Kier molecular flexibility index (Phi) is 6.03. The minimum atomic E-state index is -3.92. The summed E-state index contributed by atoms with van der Waals surface area (Å²) >= 11 is 0. The van der Waals surface area contributed by atoms with Crippen LogP contribution in [0.25, 0.3) is 0 Å². The van der Waals surface area contributed by atoms with E-state index >= 15 is 0 Å². The normalized spacial score (nSPS) is 11.1. The van der Waals surface area contributed by atoms with E-state index in [0.29, 0.717) is 11.4 Å². The number of aryl methyl sites for hydroxylation is 3. The Hall–Kier alpha value is -3.12. The van der Waals surface area contributed by atoms with E-state index in [0.717, 1.165) is 16.7 Å². The molecule has 1 N–H and O–H groups in total. The third-order valence-corrected chi connectivity index (χ3v) is 6.44. The van der Waals surface area contributed by atoms with E-state index < -0.39 is 15.9 Å². The van der Waals surface area contributed by atoms with Crippen molar-refractivity contribution in [2.45, 2.75) is 25.7 Å². The van der Waals surface area contributed by atoms with Crippen LogP contribution < -0.4 is 9.62 Å². The van der Waals surface area contributed by atoms with Gasteiger partial charge in [-0.1, -0.05) is 48.5 Å². The summed E-state index contributed by atoms with van der Waals surface area (Å²) in [5.74, 6) is -0.403. The topological polar surface area (TPSA) is 66.5 Å². The van der Waals surface area contributed by atoms with Gasteiger partial charge in [0.2, 0.25) is 5.91 Å². The summed E-state index contributed by atoms with van der Waals surface area (Å²) in [6.45, 7) is 5.29. The number of hydrogen-bond donors (Lipinski definition) is 1. The Balaban J connectivity index is 2.00. The third kappa shape index (κ3) is 4.66. The van der Waals surface area contributed by atoms with Crippen molar-refractivity contribution >= 4 is 27.3 Å². The van der Waals surface area contributed by atoms with Gasteiger partial charge in [-0.3, -0.25) is 9.10 Å². The second-order valence-electron chi connectivity index (χ2n) is 6.98. The number of benzene rings is 3. The van der Waals surface area contributed by atoms with E-state index in [9.17, 15) is 13.2 Å². The Morgan fingerprint density at radius 1 is 0.862 bits per heavy atom. The zero-order chi connectivity index (χ0) is 21.0. The average Bonchev–Trinajstić information content (AvgIpc) is 2.70. The summed E-state index contributed by atoms with van der Waals surface area (Å²) in [6, 6.07) is 21.1. The SMILES string of the molecule is Cc1ccc(C)c(N(CC(=O)Nc2ccccc2C)S(=O)(=O)c2ccccc2)c1. The maximum absolute atomic E-state index is 13.4. The summed E-state index contributed by atoms with van der Waals surface area (Å²) in [5, 5.41) is 2.82. The lowest BCUT2D eigenvalue weighted by Crippen LogP contribution is -2.38. The van der Waals surface area contributed by atoms with E-state index in [1.54, 1.807) is 30.3 Å². The standard InChI is InChI=1S/C23H24N2O3S/c1-17-13-14-19(3)22(15-17)25(29(27,28)20-10-5-4-6-11-20)16-23(26)24-21-12-8-7-9-18(21)2/h4-15H,16H2,1-3H3,(H,24,26). The van der Waals surface area contributed by atoms with Crippen LogP contribution in [-0.2, 0) is 14.8 Å². The molecule has 1 amide bonds. The van der Waals surface area contributed by atoms with Crippen molar-refractivity contribution in [3.05, 3.63) is 89.5 Å². The summed E-state index contributed by atoms with van der Waals surface area (Å²) in [4.78, 5) is 12.9. The van der Waals surface area contributed by atoms with Gasteiger partial charge < -0.3 is 5.32 Å².